The normalized spacial score (nSPS) is 20.7. The summed E-state index contributed by atoms with van der Waals surface area (Å²) in [5, 5.41) is 3.29. The maximum atomic E-state index is 13.6. The maximum Gasteiger partial charge on any atom is 0.194 e. The summed E-state index contributed by atoms with van der Waals surface area (Å²) >= 11 is 0. The van der Waals surface area contributed by atoms with Crippen LogP contribution in [0.4, 0.5) is 13.2 Å². The van der Waals surface area contributed by atoms with E-state index < -0.39 is 17.5 Å². The standard InChI is InChI=1S/C16H21F3N2.2ClH/c17-13-9-12(10-14(18)15(13)19)16(11-3-1-2-4-11)21-7-5-20-6-8-21;;/h9-11,16,20H,1-8H2;2*1H/t16-;;/m0../s1. The number of hydrogen-bond acceptors (Lipinski definition) is 2. The highest BCUT2D eigenvalue weighted by Gasteiger charge is 2.32. The van der Waals surface area contributed by atoms with E-state index in [4.69, 9.17) is 0 Å². The quantitative estimate of drug-likeness (QED) is 0.806. The molecule has 0 aromatic heterocycles. The van der Waals surface area contributed by atoms with Crippen LogP contribution in [-0.2, 0) is 0 Å². The lowest BCUT2D eigenvalue weighted by molar-refractivity contribution is 0.125. The van der Waals surface area contributed by atoms with Gasteiger partial charge in [0.2, 0.25) is 0 Å². The first-order valence-electron chi connectivity index (χ1n) is 7.76. The second-order valence-electron chi connectivity index (χ2n) is 6.07. The van der Waals surface area contributed by atoms with Crippen molar-refractivity contribution >= 4 is 24.8 Å². The van der Waals surface area contributed by atoms with Crippen molar-refractivity contribution in [3.05, 3.63) is 35.1 Å². The summed E-state index contributed by atoms with van der Waals surface area (Å²) in [4.78, 5) is 2.29. The van der Waals surface area contributed by atoms with Gasteiger partial charge in [0.25, 0.3) is 0 Å². The van der Waals surface area contributed by atoms with Gasteiger partial charge in [-0.2, -0.15) is 0 Å². The average Bonchev–Trinajstić information content (AvgIpc) is 3.00. The molecule has 23 heavy (non-hydrogen) atoms. The molecule has 0 spiro atoms. The van der Waals surface area contributed by atoms with Gasteiger partial charge in [0.05, 0.1) is 0 Å². The minimum Gasteiger partial charge on any atom is -0.314 e. The van der Waals surface area contributed by atoms with Crippen LogP contribution in [0.1, 0.15) is 37.3 Å². The largest absolute Gasteiger partial charge is 0.314 e. The predicted molar refractivity (Wildman–Crippen MR) is 90.0 cm³/mol. The SMILES string of the molecule is Cl.Cl.Fc1cc([C@H](C2CCCC2)N2CCNCC2)cc(F)c1F. The summed E-state index contributed by atoms with van der Waals surface area (Å²) in [5.41, 5.74) is 0.584. The zero-order valence-corrected chi connectivity index (χ0v) is 14.5. The van der Waals surface area contributed by atoms with Gasteiger partial charge in [-0.05, 0) is 36.5 Å². The van der Waals surface area contributed by atoms with Crippen molar-refractivity contribution in [2.75, 3.05) is 26.2 Å². The number of benzene rings is 1. The van der Waals surface area contributed by atoms with Gasteiger partial charge in [0.1, 0.15) is 0 Å². The first kappa shape index (κ1) is 20.6. The molecule has 0 bridgehead atoms. The Bertz CT molecular complexity index is 481. The molecule has 1 aliphatic heterocycles. The van der Waals surface area contributed by atoms with Crippen molar-refractivity contribution in [3.63, 3.8) is 0 Å². The summed E-state index contributed by atoms with van der Waals surface area (Å²) in [5.74, 6) is -3.12. The Hall–Kier alpha value is -0.490. The second kappa shape index (κ2) is 9.11. The maximum absolute atomic E-state index is 13.6. The van der Waals surface area contributed by atoms with Crippen LogP contribution in [0.5, 0.6) is 0 Å². The third kappa shape index (κ3) is 4.53. The topological polar surface area (TPSA) is 15.3 Å². The van der Waals surface area contributed by atoms with Crippen molar-refractivity contribution in [1.29, 1.82) is 0 Å². The van der Waals surface area contributed by atoms with Crippen LogP contribution in [0, 0.1) is 23.4 Å². The molecule has 1 aliphatic carbocycles. The van der Waals surface area contributed by atoms with Crippen molar-refractivity contribution in [2.45, 2.75) is 31.7 Å². The first-order valence-corrected chi connectivity index (χ1v) is 7.76. The molecule has 2 nitrogen and oxygen atoms in total. The number of piperazine rings is 1. The number of hydrogen-bond donors (Lipinski definition) is 1. The van der Waals surface area contributed by atoms with E-state index in [0.717, 1.165) is 39.0 Å². The van der Waals surface area contributed by atoms with Crippen LogP contribution >= 0.6 is 24.8 Å². The van der Waals surface area contributed by atoms with Gasteiger partial charge in [0.15, 0.2) is 17.5 Å². The third-order valence-electron chi connectivity index (χ3n) is 4.74. The molecular formula is C16H23Cl2F3N2. The Balaban J connectivity index is 0.00000132. The number of rotatable bonds is 3. The van der Waals surface area contributed by atoms with Crippen molar-refractivity contribution in [3.8, 4) is 0 Å². The molecule has 1 aromatic rings. The zero-order chi connectivity index (χ0) is 14.8. The monoisotopic (exact) mass is 370 g/mol. The van der Waals surface area contributed by atoms with E-state index in [9.17, 15) is 13.2 Å². The second-order valence-corrected chi connectivity index (χ2v) is 6.07. The van der Waals surface area contributed by atoms with Crippen molar-refractivity contribution in [2.24, 2.45) is 5.92 Å². The van der Waals surface area contributed by atoms with Crippen molar-refractivity contribution in [1.82, 2.24) is 10.2 Å². The van der Waals surface area contributed by atoms with Gasteiger partial charge < -0.3 is 5.32 Å². The molecule has 3 rings (SSSR count). The highest BCUT2D eigenvalue weighted by atomic mass is 35.5. The summed E-state index contributed by atoms with van der Waals surface area (Å²) in [6, 6.07) is 2.37. The van der Waals surface area contributed by atoms with Crippen molar-refractivity contribution < 1.29 is 13.2 Å². The molecule has 1 saturated heterocycles. The molecule has 1 N–H and O–H groups in total. The molecule has 0 radical (unpaired) electrons. The molecule has 2 aliphatic rings. The fraction of sp³-hybridized carbons (Fsp3) is 0.625. The Kier molecular flexibility index (Phi) is 8.14. The molecular weight excluding hydrogens is 348 g/mol. The summed E-state index contributed by atoms with van der Waals surface area (Å²) < 4.78 is 40.4. The predicted octanol–water partition coefficient (Wildman–Crippen LogP) is 4.08. The molecule has 1 heterocycles. The van der Waals surface area contributed by atoms with Crippen LogP contribution in [0.2, 0.25) is 0 Å². The molecule has 132 valence electrons. The van der Waals surface area contributed by atoms with Crippen LogP contribution < -0.4 is 5.32 Å². The van der Waals surface area contributed by atoms with Gasteiger partial charge in [-0.3, -0.25) is 4.90 Å². The lowest BCUT2D eigenvalue weighted by Crippen LogP contribution is -2.46. The minimum atomic E-state index is -1.37. The van der Waals surface area contributed by atoms with Crippen LogP contribution in [-0.4, -0.2) is 31.1 Å². The number of nitrogens with one attached hydrogen (secondary N) is 1. The average molecular weight is 371 g/mol. The smallest absolute Gasteiger partial charge is 0.194 e. The van der Waals surface area contributed by atoms with Gasteiger partial charge in [0, 0.05) is 32.2 Å². The Morgan fingerprint density at radius 3 is 2.00 bits per heavy atom. The summed E-state index contributed by atoms with van der Waals surface area (Å²) in [6.07, 6.45) is 4.49. The van der Waals surface area contributed by atoms with E-state index >= 15 is 0 Å². The van der Waals surface area contributed by atoms with E-state index in [0.29, 0.717) is 11.5 Å². The van der Waals surface area contributed by atoms with E-state index in [-0.39, 0.29) is 30.9 Å². The zero-order valence-electron chi connectivity index (χ0n) is 12.9. The Morgan fingerprint density at radius 2 is 1.48 bits per heavy atom. The van der Waals surface area contributed by atoms with Crippen LogP contribution in [0.3, 0.4) is 0 Å². The number of nitrogens with zero attached hydrogens (tertiary/aromatic N) is 1. The molecule has 1 saturated carbocycles. The fourth-order valence-corrected chi connectivity index (χ4v) is 3.76. The highest BCUT2D eigenvalue weighted by Crippen LogP contribution is 2.40. The van der Waals surface area contributed by atoms with Crippen LogP contribution in [0.15, 0.2) is 12.1 Å². The highest BCUT2D eigenvalue weighted by molar-refractivity contribution is 5.85. The number of halogens is 5. The third-order valence-corrected chi connectivity index (χ3v) is 4.74. The van der Waals surface area contributed by atoms with E-state index in [1.54, 1.807) is 0 Å². The van der Waals surface area contributed by atoms with Gasteiger partial charge in [-0.1, -0.05) is 12.8 Å². The Morgan fingerprint density at radius 1 is 0.957 bits per heavy atom. The van der Waals surface area contributed by atoms with Gasteiger partial charge in [-0.25, -0.2) is 13.2 Å². The molecule has 0 amide bonds. The molecule has 7 heteroatoms. The van der Waals surface area contributed by atoms with E-state index in [1.165, 1.54) is 25.0 Å². The molecule has 1 aromatic carbocycles. The molecule has 1 atom stereocenters. The van der Waals surface area contributed by atoms with E-state index in [1.807, 2.05) is 0 Å². The summed E-state index contributed by atoms with van der Waals surface area (Å²) in [6.45, 7) is 3.49. The lowest BCUT2D eigenvalue weighted by Gasteiger charge is -2.38. The Labute approximate surface area is 147 Å². The van der Waals surface area contributed by atoms with Gasteiger partial charge in [-0.15, -0.1) is 24.8 Å². The van der Waals surface area contributed by atoms with Crippen LogP contribution in [0.25, 0.3) is 0 Å². The van der Waals surface area contributed by atoms with Gasteiger partial charge >= 0.3 is 0 Å². The summed E-state index contributed by atoms with van der Waals surface area (Å²) in [7, 11) is 0. The molecule has 2 fully saturated rings. The minimum absolute atomic E-state index is 0. The molecule has 0 unspecified atom stereocenters. The first-order chi connectivity index (χ1) is 10.2. The fourth-order valence-electron chi connectivity index (χ4n) is 3.76. The van der Waals surface area contributed by atoms with E-state index in [2.05, 4.69) is 10.2 Å². The lowest BCUT2D eigenvalue weighted by atomic mass is 9.89.